The zero-order valence-corrected chi connectivity index (χ0v) is 15.8. The second-order valence-corrected chi connectivity index (χ2v) is 6.82. The molecule has 0 aromatic heterocycles. The van der Waals surface area contributed by atoms with Gasteiger partial charge in [-0.05, 0) is 5.56 Å². The summed E-state index contributed by atoms with van der Waals surface area (Å²) in [4.78, 5) is 38.2. The minimum atomic E-state index is -0.779. The first-order valence-electron chi connectivity index (χ1n) is 8.67. The van der Waals surface area contributed by atoms with Gasteiger partial charge in [0.25, 0.3) is 5.91 Å². The monoisotopic (exact) mass is 397 g/mol. The molecule has 1 aliphatic heterocycles. The van der Waals surface area contributed by atoms with Crippen LogP contribution in [0, 0.1) is 0 Å². The van der Waals surface area contributed by atoms with E-state index in [2.05, 4.69) is 23.1 Å². The van der Waals surface area contributed by atoms with E-state index in [1.54, 1.807) is 30.3 Å². The lowest BCUT2D eigenvalue weighted by atomic mass is 9.98. The van der Waals surface area contributed by atoms with Crippen molar-refractivity contribution in [3.63, 3.8) is 0 Å². The highest BCUT2D eigenvalue weighted by molar-refractivity contribution is 7.96. The maximum absolute atomic E-state index is 12.5. The number of thiol groups is 1. The fourth-order valence-electron chi connectivity index (χ4n) is 3.07. The van der Waals surface area contributed by atoms with Crippen LogP contribution in [0.1, 0.15) is 11.1 Å². The Kier molecular flexibility index (Phi) is 6.10. The Bertz CT molecular complexity index is 902. The third-order valence-corrected chi connectivity index (χ3v) is 4.86. The zero-order valence-electron chi connectivity index (χ0n) is 14.9. The number of carbonyl (C=O) groups excluding carboxylic acids is 3. The molecule has 1 saturated heterocycles. The van der Waals surface area contributed by atoms with Crippen molar-refractivity contribution in [2.24, 2.45) is 5.16 Å². The van der Waals surface area contributed by atoms with Crippen molar-refractivity contribution in [3.8, 4) is 0 Å². The van der Waals surface area contributed by atoms with Crippen molar-refractivity contribution in [2.45, 2.75) is 18.5 Å². The van der Waals surface area contributed by atoms with E-state index in [1.807, 2.05) is 30.3 Å². The van der Waals surface area contributed by atoms with Gasteiger partial charge in [-0.15, -0.1) is 12.6 Å². The van der Waals surface area contributed by atoms with Gasteiger partial charge in [0, 0.05) is 12.0 Å². The highest BCUT2D eigenvalue weighted by Gasteiger charge is 2.43. The summed E-state index contributed by atoms with van der Waals surface area (Å²) in [6.07, 6.45) is 0.350. The molecular weight excluding hydrogens is 378 g/mol. The van der Waals surface area contributed by atoms with E-state index < -0.39 is 23.1 Å². The average molecular weight is 397 g/mol. The van der Waals surface area contributed by atoms with Gasteiger partial charge < -0.3 is 15.4 Å². The van der Waals surface area contributed by atoms with Gasteiger partial charge in [0.15, 0.2) is 5.71 Å². The Morgan fingerprint density at radius 2 is 1.75 bits per heavy atom. The predicted molar refractivity (Wildman–Crippen MR) is 106 cm³/mol. The highest BCUT2D eigenvalue weighted by atomic mass is 32.1. The molecule has 2 amide bonds. The lowest BCUT2D eigenvalue weighted by Gasteiger charge is -2.42. The van der Waals surface area contributed by atoms with E-state index in [0.29, 0.717) is 12.0 Å². The van der Waals surface area contributed by atoms with Gasteiger partial charge in [-0.1, -0.05) is 65.8 Å². The van der Waals surface area contributed by atoms with Crippen molar-refractivity contribution in [1.29, 1.82) is 0 Å². The van der Waals surface area contributed by atoms with Gasteiger partial charge in [-0.2, -0.15) is 0 Å². The minimum absolute atomic E-state index is 0.182. The average Bonchev–Trinajstić information content (AvgIpc) is 2.71. The molecule has 0 radical (unpaired) electrons. The largest absolute Gasteiger partial charge is 0.410 e. The van der Waals surface area contributed by atoms with Crippen LogP contribution in [0.25, 0.3) is 0 Å². The molecule has 2 aromatic rings. The molecule has 2 unspecified atom stereocenters. The van der Waals surface area contributed by atoms with Crippen molar-refractivity contribution in [2.75, 3.05) is 6.54 Å². The number of oxime groups is 1. The lowest BCUT2D eigenvalue weighted by Crippen LogP contribution is -2.68. The molecule has 0 saturated carbocycles. The maximum Gasteiger partial charge on any atom is 0.274 e. The van der Waals surface area contributed by atoms with Gasteiger partial charge in [-0.3, -0.25) is 14.4 Å². The topological polar surface area (TPSA) is 99.1 Å². The Balaban J connectivity index is 1.64. The molecule has 8 heteroatoms. The van der Waals surface area contributed by atoms with E-state index in [9.17, 15) is 19.6 Å². The van der Waals surface area contributed by atoms with E-state index in [4.69, 9.17) is 0 Å². The SMILES string of the molecule is O=C(NC1CN(C(Cc2ccccc2)C(=O)S)C1=O)/C(=N/O)c1ccccc1. The van der Waals surface area contributed by atoms with Crippen LogP contribution in [-0.2, 0) is 20.8 Å². The molecule has 1 aliphatic rings. The number of likely N-dealkylation sites (tertiary alicyclic amines) is 1. The first-order chi connectivity index (χ1) is 13.5. The molecule has 0 aliphatic carbocycles. The van der Waals surface area contributed by atoms with Gasteiger partial charge in [-0.25, -0.2) is 0 Å². The number of β-lactam (4-membered cyclic amide) rings is 1. The van der Waals surface area contributed by atoms with Crippen molar-refractivity contribution in [3.05, 3.63) is 71.8 Å². The zero-order chi connectivity index (χ0) is 20.1. The number of carbonyl (C=O) groups is 3. The molecule has 2 N–H and O–H groups in total. The van der Waals surface area contributed by atoms with E-state index in [0.717, 1.165) is 5.56 Å². The van der Waals surface area contributed by atoms with E-state index in [-0.39, 0.29) is 18.2 Å². The fourth-order valence-corrected chi connectivity index (χ4v) is 3.30. The number of benzene rings is 2. The summed E-state index contributed by atoms with van der Waals surface area (Å²) in [6.45, 7) is 0.182. The summed E-state index contributed by atoms with van der Waals surface area (Å²) in [6, 6.07) is 16.3. The Labute approximate surface area is 167 Å². The van der Waals surface area contributed by atoms with Crippen LogP contribution in [0.15, 0.2) is 65.8 Å². The van der Waals surface area contributed by atoms with E-state index >= 15 is 0 Å². The molecule has 1 heterocycles. The van der Waals surface area contributed by atoms with Crippen LogP contribution in [0.5, 0.6) is 0 Å². The number of amides is 2. The number of rotatable bonds is 7. The van der Waals surface area contributed by atoms with Crippen molar-refractivity contribution < 1.29 is 19.6 Å². The summed E-state index contributed by atoms with van der Waals surface area (Å²) in [7, 11) is 0. The van der Waals surface area contributed by atoms with Crippen LogP contribution >= 0.6 is 12.6 Å². The Hall–Kier alpha value is -3.13. The van der Waals surface area contributed by atoms with Gasteiger partial charge in [0.05, 0.1) is 6.54 Å². The van der Waals surface area contributed by atoms with Crippen molar-refractivity contribution >= 4 is 35.3 Å². The molecule has 1 fully saturated rings. The molecule has 0 bridgehead atoms. The van der Waals surface area contributed by atoms with Gasteiger partial charge in [0.1, 0.15) is 12.1 Å². The fraction of sp³-hybridized carbons (Fsp3) is 0.200. The number of hydrogen-bond acceptors (Lipinski definition) is 5. The molecule has 144 valence electrons. The van der Waals surface area contributed by atoms with Crippen LogP contribution in [0.4, 0.5) is 0 Å². The smallest absolute Gasteiger partial charge is 0.274 e. The molecular formula is C20H19N3O4S. The Morgan fingerprint density at radius 3 is 2.29 bits per heavy atom. The van der Waals surface area contributed by atoms with E-state index in [1.165, 1.54) is 4.90 Å². The van der Waals surface area contributed by atoms with Crippen LogP contribution in [-0.4, -0.2) is 51.4 Å². The summed E-state index contributed by atoms with van der Waals surface area (Å²) in [5.74, 6) is -1.04. The summed E-state index contributed by atoms with van der Waals surface area (Å²) in [5.41, 5.74) is 1.16. The molecule has 2 aromatic carbocycles. The second kappa shape index (κ2) is 8.71. The van der Waals surface area contributed by atoms with Gasteiger partial charge in [0.2, 0.25) is 11.0 Å². The van der Waals surface area contributed by atoms with Crippen molar-refractivity contribution in [1.82, 2.24) is 10.2 Å². The number of hydrogen-bond donors (Lipinski definition) is 3. The summed E-state index contributed by atoms with van der Waals surface area (Å²) < 4.78 is 0. The quantitative estimate of drug-likeness (QED) is 0.215. The first kappa shape index (κ1) is 19.6. The second-order valence-electron chi connectivity index (χ2n) is 6.38. The van der Waals surface area contributed by atoms with Crippen LogP contribution < -0.4 is 5.32 Å². The minimum Gasteiger partial charge on any atom is -0.410 e. The molecule has 7 nitrogen and oxygen atoms in total. The standard InChI is InChI=1S/C20H19N3O4S/c24-18(17(22-27)14-9-5-2-6-10-14)21-15-12-23(19(15)25)16(20(26)28)11-13-7-3-1-4-8-13/h1-10,15-16,27H,11-12H2,(H,21,24)(H,26,28)/b22-17+. The highest BCUT2D eigenvalue weighted by Crippen LogP contribution is 2.20. The third kappa shape index (κ3) is 4.23. The molecule has 2 atom stereocenters. The van der Waals surface area contributed by atoms with Crippen LogP contribution in [0.2, 0.25) is 0 Å². The third-order valence-electron chi connectivity index (χ3n) is 4.56. The Morgan fingerprint density at radius 1 is 1.14 bits per heavy atom. The first-order valence-corrected chi connectivity index (χ1v) is 9.11. The van der Waals surface area contributed by atoms with Crippen LogP contribution in [0.3, 0.4) is 0 Å². The lowest BCUT2D eigenvalue weighted by molar-refractivity contribution is -0.151. The normalized spacial score (nSPS) is 17.6. The van der Waals surface area contributed by atoms with Gasteiger partial charge >= 0.3 is 0 Å². The number of nitrogens with one attached hydrogen (secondary N) is 1. The molecule has 0 spiro atoms. The summed E-state index contributed by atoms with van der Waals surface area (Å²) >= 11 is 3.91. The molecule has 28 heavy (non-hydrogen) atoms. The molecule has 3 rings (SSSR count). The summed E-state index contributed by atoms with van der Waals surface area (Å²) in [5, 5.41) is 14.4. The number of nitrogens with zero attached hydrogens (tertiary/aromatic N) is 2. The maximum atomic E-state index is 12.5. The predicted octanol–water partition coefficient (Wildman–Crippen LogP) is 1.26.